The number of primary amides is 1. The Balaban J connectivity index is 2.24. The molecule has 2 N–H and O–H groups in total. The van der Waals surface area contributed by atoms with Crippen LogP contribution in [0.5, 0.6) is 0 Å². The highest BCUT2D eigenvalue weighted by atomic mass is 16.6. The van der Waals surface area contributed by atoms with Crippen LogP contribution in [0, 0.1) is 23.0 Å². The van der Waals surface area contributed by atoms with Gasteiger partial charge in [0.2, 0.25) is 11.7 Å². The van der Waals surface area contributed by atoms with Crippen LogP contribution in [0.25, 0.3) is 0 Å². The number of hydrogen-bond donors (Lipinski definition) is 1. The van der Waals surface area contributed by atoms with Crippen LogP contribution in [0.1, 0.15) is 18.5 Å². The van der Waals surface area contributed by atoms with Crippen LogP contribution in [0.4, 0.5) is 11.5 Å². The number of amides is 1. The Morgan fingerprint density at radius 1 is 1.47 bits per heavy atom. The summed E-state index contributed by atoms with van der Waals surface area (Å²) in [6.45, 7) is 2.78. The Kier molecular flexibility index (Phi) is 3.41. The van der Waals surface area contributed by atoms with Crippen LogP contribution < -0.4 is 10.6 Å². The summed E-state index contributed by atoms with van der Waals surface area (Å²) in [6.07, 6.45) is 1.24. The van der Waals surface area contributed by atoms with Crippen molar-refractivity contribution < 1.29 is 9.72 Å². The summed E-state index contributed by atoms with van der Waals surface area (Å²) < 4.78 is 1.53. The van der Waals surface area contributed by atoms with Gasteiger partial charge in [0.15, 0.2) is 0 Å². The van der Waals surface area contributed by atoms with Gasteiger partial charge in [0.1, 0.15) is 5.69 Å². The van der Waals surface area contributed by atoms with E-state index in [0.29, 0.717) is 37.4 Å². The van der Waals surface area contributed by atoms with Crippen LogP contribution >= 0.6 is 0 Å². The molecule has 104 valence electrons. The molecule has 1 fully saturated rings. The average Bonchev–Trinajstić information content (AvgIpc) is 2.64. The molecular formula is C11H17N5O3. The van der Waals surface area contributed by atoms with Crippen LogP contribution in [0.2, 0.25) is 0 Å². The third-order valence-corrected chi connectivity index (χ3v) is 3.54. The van der Waals surface area contributed by atoms with Gasteiger partial charge in [0, 0.05) is 26.1 Å². The molecule has 0 bridgehead atoms. The van der Waals surface area contributed by atoms with E-state index in [1.54, 1.807) is 14.0 Å². The molecule has 0 unspecified atom stereocenters. The average molecular weight is 267 g/mol. The van der Waals surface area contributed by atoms with Gasteiger partial charge in [-0.3, -0.25) is 14.9 Å². The number of carbonyl (C=O) groups is 1. The monoisotopic (exact) mass is 267 g/mol. The lowest BCUT2D eigenvalue weighted by Gasteiger charge is -2.31. The van der Waals surface area contributed by atoms with E-state index < -0.39 is 4.92 Å². The summed E-state index contributed by atoms with van der Waals surface area (Å²) in [5.74, 6) is 0.0744. The van der Waals surface area contributed by atoms with Gasteiger partial charge < -0.3 is 10.6 Å². The van der Waals surface area contributed by atoms with E-state index in [-0.39, 0.29) is 17.5 Å². The highest BCUT2D eigenvalue weighted by molar-refractivity contribution is 5.77. The fourth-order valence-electron chi connectivity index (χ4n) is 2.58. The largest absolute Gasteiger partial charge is 0.369 e. The number of rotatable bonds is 3. The van der Waals surface area contributed by atoms with E-state index in [4.69, 9.17) is 5.73 Å². The number of piperidine rings is 1. The van der Waals surface area contributed by atoms with Crippen LogP contribution in [0.3, 0.4) is 0 Å². The maximum Gasteiger partial charge on any atom is 0.333 e. The first-order chi connectivity index (χ1) is 8.91. The van der Waals surface area contributed by atoms with Crippen molar-refractivity contribution in [3.8, 4) is 0 Å². The van der Waals surface area contributed by atoms with Gasteiger partial charge in [-0.15, -0.1) is 0 Å². The number of aromatic nitrogens is 2. The minimum atomic E-state index is -0.405. The fraction of sp³-hybridized carbons (Fsp3) is 0.636. The summed E-state index contributed by atoms with van der Waals surface area (Å²) in [5, 5.41) is 15.2. The van der Waals surface area contributed by atoms with Crippen molar-refractivity contribution in [1.29, 1.82) is 0 Å². The van der Waals surface area contributed by atoms with Crippen LogP contribution in [-0.4, -0.2) is 33.7 Å². The topological polar surface area (TPSA) is 107 Å². The fourth-order valence-corrected chi connectivity index (χ4v) is 2.58. The summed E-state index contributed by atoms with van der Waals surface area (Å²) >= 11 is 0. The number of hydrogen-bond acceptors (Lipinski definition) is 5. The van der Waals surface area contributed by atoms with Gasteiger partial charge in [-0.25, -0.2) is 4.68 Å². The van der Waals surface area contributed by atoms with E-state index in [9.17, 15) is 14.9 Å². The highest BCUT2D eigenvalue weighted by Crippen LogP contribution is 2.33. The van der Waals surface area contributed by atoms with Gasteiger partial charge in [-0.2, -0.15) is 5.10 Å². The Morgan fingerprint density at radius 2 is 2.05 bits per heavy atom. The van der Waals surface area contributed by atoms with E-state index >= 15 is 0 Å². The van der Waals surface area contributed by atoms with E-state index in [1.807, 2.05) is 4.90 Å². The van der Waals surface area contributed by atoms with E-state index in [1.165, 1.54) is 4.68 Å². The molecule has 0 aromatic carbocycles. The number of carbonyl (C=O) groups excluding carboxylic acids is 1. The van der Waals surface area contributed by atoms with Gasteiger partial charge in [0.05, 0.1) is 4.92 Å². The van der Waals surface area contributed by atoms with Crippen molar-refractivity contribution in [3.05, 3.63) is 15.8 Å². The first-order valence-electron chi connectivity index (χ1n) is 6.14. The van der Waals surface area contributed by atoms with Gasteiger partial charge in [-0.05, 0) is 19.8 Å². The maximum atomic E-state index is 11.1. The molecule has 8 nitrogen and oxygen atoms in total. The molecule has 0 saturated carbocycles. The lowest BCUT2D eigenvalue weighted by atomic mass is 9.96. The molecule has 0 spiro atoms. The van der Waals surface area contributed by atoms with Crippen molar-refractivity contribution in [3.63, 3.8) is 0 Å². The predicted octanol–water partition coefficient (Wildman–Crippen LogP) is 0.338. The maximum absolute atomic E-state index is 11.1. The van der Waals surface area contributed by atoms with Crippen molar-refractivity contribution in [2.24, 2.45) is 18.7 Å². The Hall–Kier alpha value is -2.12. The molecule has 19 heavy (non-hydrogen) atoms. The lowest BCUT2D eigenvalue weighted by Crippen LogP contribution is -2.39. The minimum Gasteiger partial charge on any atom is -0.369 e. The molecule has 0 radical (unpaired) electrons. The van der Waals surface area contributed by atoms with Crippen LogP contribution in [-0.2, 0) is 11.8 Å². The quantitative estimate of drug-likeness (QED) is 0.627. The van der Waals surface area contributed by atoms with Crippen molar-refractivity contribution in [2.75, 3.05) is 18.0 Å². The molecule has 8 heteroatoms. The predicted molar refractivity (Wildman–Crippen MR) is 68.7 cm³/mol. The summed E-state index contributed by atoms with van der Waals surface area (Å²) in [5.41, 5.74) is 5.72. The zero-order chi connectivity index (χ0) is 14.2. The summed E-state index contributed by atoms with van der Waals surface area (Å²) in [4.78, 5) is 23.7. The van der Waals surface area contributed by atoms with E-state index in [2.05, 4.69) is 5.10 Å². The molecule has 1 aliphatic heterocycles. The number of nitrogens with zero attached hydrogens (tertiary/aromatic N) is 4. The molecular weight excluding hydrogens is 250 g/mol. The van der Waals surface area contributed by atoms with Gasteiger partial charge >= 0.3 is 5.69 Å². The van der Waals surface area contributed by atoms with Crippen molar-refractivity contribution in [1.82, 2.24) is 9.78 Å². The molecule has 2 heterocycles. The minimum absolute atomic E-state index is 0.0417. The second kappa shape index (κ2) is 4.87. The van der Waals surface area contributed by atoms with Gasteiger partial charge in [-0.1, -0.05) is 0 Å². The lowest BCUT2D eigenvalue weighted by molar-refractivity contribution is -0.384. The van der Waals surface area contributed by atoms with Crippen molar-refractivity contribution in [2.45, 2.75) is 19.8 Å². The number of nitro groups is 1. The highest BCUT2D eigenvalue weighted by Gasteiger charge is 2.31. The number of nitrogens with two attached hydrogens (primary N) is 1. The molecule has 1 amide bonds. The summed E-state index contributed by atoms with van der Waals surface area (Å²) in [7, 11) is 1.69. The van der Waals surface area contributed by atoms with Gasteiger partial charge in [0.25, 0.3) is 0 Å². The molecule has 0 atom stereocenters. The zero-order valence-corrected chi connectivity index (χ0v) is 11.0. The zero-order valence-electron chi connectivity index (χ0n) is 11.0. The molecule has 1 aromatic heterocycles. The first-order valence-corrected chi connectivity index (χ1v) is 6.14. The SMILES string of the molecule is Cc1nn(C)c(N2CCC(C(N)=O)CC2)c1[N+](=O)[O-]. The number of anilines is 1. The smallest absolute Gasteiger partial charge is 0.333 e. The third kappa shape index (κ3) is 2.38. The summed E-state index contributed by atoms with van der Waals surface area (Å²) in [6, 6.07) is 0. The van der Waals surface area contributed by atoms with E-state index in [0.717, 1.165) is 0 Å². The van der Waals surface area contributed by atoms with Crippen LogP contribution in [0.15, 0.2) is 0 Å². The molecule has 1 aliphatic rings. The first kappa shape index (κ1) is 13.3. The molecule has 2 rings (SSSR count). The Labute approximate surface area is 110 Å². The molecule has 1 aromatic rings. The Morgan fingerprint density at radius 3 is 2.53 bits per heavy atom. The van der Waals surface area contributed by atoms with Crippen molar-refractivity contribution >= 4 is 17.4 Å². The molecule has 0 aliphatic carbocycles. The normalized spacial score (nSPS) is 16.6. The second-order valence-electron chi connectivity index (χ2n) is 4.80. The Bertz CT molecular complexity index is 517. The second-order valence-corrected chi connectivity index (χ2v) is 4.80. The molecule has 1 saturated heterocycles. The number of aryl methyl sites for hydroxylation is 2. The standard InChI is InChI=1S/C11H17N5O3/c1-7-9(16(18)19)11(14(2)13-7)15-5-3-8(4-6-15)10(12)17/h8H,3-6H2,1-2H3,(H2,12,17). The third-order valence-electron chi connectivity index (χ3n) is 3.54.